The second-order valence-corrected chi connectivity index (χ2v) is 6.94. The molecular weight excluding hydrogens is 300 g/mol. The van der Waals surface area contributed by atoms with E-state index in [1.54, 1.807) is 6.33 Å². The van der Waals surface area contributed by atoms with E-state index in [4.69, 9.17) is 0 Å². The molecule has 0 bridgehead atoms. The normalized spacial score (nSPS) is 19.2. The lowest BCUT2D eigenvalue weighted by atomic mass is 10.0. The van der Waals surface area contributed by atoms with Crippen molar-refractivity contribution in [2.75, 3.05) is 31.1 Å². The van der Waals surface area contributed by atoms with E-state index >= 15 is 0 Å². The van der Waals surface area contributed by atoms with Crippen molar-refractivity contribution in [3.63, 3.8) is 0 Å². The molecule has 5 heteroatoms. The topological polar surface area (TPSA) is 49.3 Å². The Balaban J connectivity index is 1.41. The first kappa shape index (κ1) is 15.4. The summed E-state index contributed by atoms with van der Waals surface area (Å²) in [6.45, 7) is 3.28. The Morgan fingerprint density at radius 3 is 2.58 bits per heavy atom. The van der Waals surface area contributed by atoms with Crippen LogP contribution in [0.4, 0.5) is 5.82 Å². The number of rotatable bonds is 3. The molecule has 2 heterocycles. The fraction of sp³-hybridized carbons (Fsp3) is 0.526. The molecule has 1 amide bonds. The number of hydrogen-bond donors (Lipinski definition) is 0. The number of fused-ring (bicyclic) bond motifs is 1. The van der Waals surface area contributed by atoms with Gasteiger partial charge < -0.3 is 9.80 Å². The lowest BCUT2D eigenvalue weighted by molar-refractivity contribution is -0.132. The molecule has 1 aliphatic carbocycles. The highest BCUT2D eigenvalue weighted by Gasteiger charge is 2.26. The first-order valence-corrected chi connectivity index (χ1v) is 9.04. The third-order valence-electron chi connectivity index (χ3n) is 5.39. The Bertz CT molecular complexity index is 713. The van der Waals surface area contributed by atoms with Crippen LogP contribution in [0.2, 0.25) is 0 Å². The molecule has 1 saturated carbocycles. The van der Waals surface area contributed by atoms with E-state index < -0.39 is 0 Å². The molecule has 2 fully saturated rings. The zero-order valence-corrected chi connectivity index (χ0v) is 14.0. The Morgan fingerprint density at radius 1 is 1.04 bits per heavy atom. The molecule has 0 radical (unpaired) electrons. The van der Waals surface area contributed by atoms with E-state index in [0.29, 0.717) is 11.8 Å². The summed E-state index contributed by atoms with van der Waals surface area (Å²) in [4.78, 5) is 25.6. The van der Waals surface area contributed by atoms with Gasteiger partial charge in [-0.2, -0.15) is 0 Å². The quantitative estimate of drug-likeness (QED) is 0.871. The third-order valence-corrected chi connectivity index (χ3v) is 5.39. The van der Waals surface area contributed by atoms with Crippen LogP contribution >= 0.6 is 0 Å². The first-order chi connectivity index (χ1) is 11.8. The van der Waals surface area contributed by atoms with Crippen molar-refractivity contribution in [2.24, 2.45) is 5.92 Å². The summed E-state index contributed by atoms with van der Waals surface area (Å²) < 4.78 is 0. The summed E-state index contributed by atoms with van der Waals surface area (Å²) in [5, 5.41) is 1.09. The summed E-state index contributed by atoms with van der Waals surface area (Å²) in [6.07, 6.45) is 7.45. The summed E-state index contributed by atoms with van der Waals surface area (Å²) in [5.41, 5.74) is 0.974. The van der Waals surface area contributed by atoms with Crippen molar-refractivity contribution in [1.29, 1.82) is 0 Å². The van der Waals surface area contributed by atoms with Gasteiger partial charge in [-0.05, 0) is 30.9 Å². The zero-order valence-electron chi connectivity index (χ0n) is 14.0. The van der Waals surface area contributed by atoms with Crippen LogP contribution < -0.4 is 4.90 Å². The number of hydrogen-bond acceptors (Lipinski definition) is 4. The predicted molar refractivity (Wildman–Crippen MR) is 94.9 cm³/mol. The number of anilines is 1. The second kappa shape index (κ2) is 6.75. The molecule has 1 aromatic heterocycles. The minimum absolute atomic E-state index is 0.342. The Labute approximate surface area is 142 Å². The maximum absolute atomic E-state index is 12.5. The Morgan fingerprint density at radius 2 is 1.79 bits per heavy atom. The van der Waals surface area contributed by atoms with Crippen molar-refractivity contribution in [2.45, 2.75) is 32.1 Å². The molecule has 0 atom stereocenters. The standard InChI is InChI=1S/C19H24N4O/c24-18(13-15-5-1-2-6-15)22-9-11-23(12-10-22)19-16-7-3-4-8-17(16)20-14-21-19/h3-4,7-8,14-15H,1-2,5-6,9-13H2. The summed E-state index contributed by atoms with van der Waals surface area (Å²) in [6, 6.07) is 8.11. The molecule has 0 N–H and O–H groups in total. The van der Waals surface area contributed by atoms with Gasteiger partial charge in [0.2, 0.25) is 5.91 Å². The summed E-state index contributed by atoms with van der Waals surface area (Å²) in [5.74, 6) is 1.96. The molecule has 126 valence electrons. The van der Waals surface area contributed by atoms with Crippen molar-refractivity contribution in [1.82, 2.24) is 14.9 Å². The van der Waals surface area contributed by atoms with Gasteiger partial charge in [-0.15, -0.1) is 0 Å². The van der Waals surface area contributed by atoms with Crippen LogP contribution in [0.25, 0.3) is 10.9 Å². The van der Waals surface area contributed by atoms with Gasteiger partial charge >= 0.3 is 0 Å². The van der Waals surface area contributed by atoms with Gasteiger partial charge in [0, 0.05) is 38.0 Å². The highest BCUT2D eigenvalue weighted by Crippen LogP contribution is 2.28. The van der Waals surface area contributed by atoms with Crippen LogP contribution in [0.15, 0.2) is 30.6 Å². The van der Waals surface area contributed by atoms with Crippen LogP contribution in [0.3, 0.4) is 0 Å². The van der Waals surface area contributed by atoms with Gasteiger partial charge in [0.25, 0.3) is 0 Å². The molecule has 1 aromatic carbocycles. The van der Waals surface area contributed by atoms with Crippen molar-refractivity contribution in [3.05, 3.63) is 30.6 Å². The highest BCUT2D eigenvalue weighted by atomic mass is 16.2. The number of benzene rings is 1. The van der Waals surface area contributed by atoms with Gasteiger partial charge in [-0.25, -0.2) is 9.97 Å². The molecule has 0 spiro atoms. The van der Waals surface area contributed by atoms with Gasteiger partial charge in [-0.1, -0.05) is 25.0 Å². The van der Waals surface area contributed by atoms with Gasteiger partial charge in [0.15, 0.2) is 0 Å². The number of aromatic nitrogens is 2. The number of amides is 1. The van der Waals surface area contributed by atoms with Gasteiger partial charge in [0.1, 0.15) is 12.1 Å². The van der Waals surface area contributed by atoms with Crippen LogP contribution in [-0.4, -0.2) is 47.0 Å². The fourth-order valence-corrected chi connectivity index (χ4v) is 4.00. The number of para-hydroxylation sites is 1. The molecule has 1 saturated heterocycles. The average Bonchev–Trinajstić information content (AvgIpc) is 3.14. The maximum atomic E-state index is 12.5. The van der Waals surface area contributed by atoms with Gasteiger partial charge in [-0.3, -0.25) is 4.79 Å². The highest BCUT2D eigenvalue weighted by molar-refractivity contribution is 5.89. The lowest BCUT2D eigenvalue weighted by Crippen LogP contribution is -2.49. The maximum Gasteiger partial charge on any atom is 0.222 e. The van der Waals surface area contributed by atoms with E-state index in [9.17, 15) is 4.79 Å². The number of piperazine rings is 1. The lowest BCUT2D eigenvalue weighted by Gasteiger charge is -2.36. The molecule has 2 aliphatic rings. The fourth-order valence-electron chi connectivity index (χ4n) is 4.00. The average molecular weight is 324 g/mol. The minimum Gasteiger partial charge on any atom is -0.352 e. The molecule has 4 rings (SSSR count). The van der Waals surface area contributed by atoms with Gasteiger partial charge in [0.05, 0.1) is 5.52 Å². The Kier molecular flexibility index (Phi) is 4.32. The smallest absolute Gasteiger partial charge is 0.222 e. The molecule has 1 aliphatic heterocycles. The van der Waals surface area contributed by atoms with Crippen molar-refractivity contribution >= 4 is 22.6 Å². The SMILES string of the molecule is O=C(CC1CCCC1)N1CCN(c2ncnc3ccccc23)CC1. The summed E-state index contributed by atoms with van der Waals surface area (Å²) in [7, 11) is 0. The van der Waals surface area contributed by atoms with E-state index in [0.717, 1.165) is 49.3 Å². The molecule has 24 heavy (non-hydrogen) atoms. The largest absolute Gasteiger partial charge is 0.352 e. The monoisotopic (exact) mass is 324 g/mol. The second-order valence-electron chi connectivity index (χ2n) is 6.94. The first-order valence-electron chi connectivity index (χ1n) is 9.04. The third kappa shape index (κ3) is 3.07. The number of nitrogens with zero attached hydrogens (tertiary/aromatic N) is 4. The van der Waals surface area contributed by atoms with E-state index in [1.807, 2.05) is 23.1 Å². The van der Waals surface area contributed by atoms with Crippen molar-refractivity contribution < 1.29 is 4.79 Å². The molecular formula is C19H24N4O. The van der Waals surface area contributed by atoms with Crippen LogP contribution in [0, 0.1) is 5.92 Å². The Hall–Kier alpha value is -2.17. The van der Waals surface area contributed by atoms with E-state index in [1.165, 1.54) is 25.7 Å². The van der Waals surface area contributed by atoms with Crippen LogP contribution in [0.1, 0.15) is 32.1 Å². The minimum atomic E-state index is 0.342. The van der Waals surface area contributed by atoms with Crippen LogP contribution in [-0.2, 0) is 4.79 Å². The summed E-state index contributed by atoms with van der Waals surface area (Å²) >= 11 is 0. The number of carbonyl (C=O) groups is 1. The van der Waals surface area contributed by atoms with E-state index in [-0.39, 0.29) is 0 Å². The molecule has 0 unspecified atom stereocenters. The molecule has 5 nitrogen and oxygen atoms in total. The van der Waals surface area contributed by atoms with Crippen LogP contribution in [0.5, 0.6) is 0 Å². The zero-order chi connectivity index (χ0) is 16.4. The molecule has 2 aromatic rings. The van der Waals surface area contributed by atoms with Crippen molar-refractivity contribution in [3.8, 4) is 0 Å². The van der Waals surface area contributed by atoms with E-state index in [2.05, 4.69) is 20.9 Å². The predicted octanol–water partition coefficient (Wildman–Crippen LogP) is 2.86. The number of carbonyl (C=O) groups excluding carboxylic acids is 1.